The van der Waals surface area contributed by atoms with Gasteiger partial charge in [-0.25, -0.2) is 9.50 Å². The molecule has 0 atom stereocenters. The summed E-state index contributed by atoms with van der Waals surface area (Å²) in [6.45, 7) is 2.09. The molecule has 0 amide bonds. The molecule has 3 heterocycles. The van der Waals surface area contributed by atoms with Crippen molar-refractivity contribution in [1.29, 1.82) is 0 Å². The summed E-state index contributed by atoms with van der Waals surface area (Å²) in [6.07, 6.45) is 7.35. The molecule has 1 fully saturated rings. The number of nitrogens with zero attached hydrogens (tertiary/aromatic N) is 5. The Morgan fingerprint density at radius 2 is 2.15 bits per heavy atom. The SMILES string of the molecule is NC(/C=C/c1cnc2ccc(N3CCCC3)nn12)=N/O. The fraction of sp³-hybridized carbons (Fsp3) is 0.308. The molecule has 7 heteroatoms. The van der Waals surface area contributed by atoms with Gasteiger partial charge in [0.25, 0.3) is 0 Å². The van der Waals surface area contributed by atoms with E-state index >= 15 is 0 Å². The molecule has 0 bridgehead atoms. The third kappa shape index (κ3) is 2.29. The lowest BCUT2D eigenvalue weighted by Crippen LogP contribution is -2.19. The van der Waals surface area contributed by atoms with Gasteiger partial charge in [0.15, 0.2) is 11.5 Å². The highest BCUT2D eigenvalue weighted by Crippen LogP contribution is 2.18. The van der Waals surface area contributed by atoms with E-state index in [2.05, 4.69) is 20.1 Å². The Bertz CT molecular complexity index is 669. The largest absolute Gasteiger partial charge is 0.409 e. The maximum atomic E-state index is 8.53. The second kappa shape index (κ2) is 5.20. The summed E-state index contributed by atoms with van der Waals surface area (Å²) in [6, 6.07) is 3.94. The van der Waals surface area contributed by atoms with Crippen LogP contribution in [0.25, 0.3) is 11.7 Å². The van der Waals surface area contributed by atoms with E-state index in [4.69, 9.17) is 10.9 Å². The van der Waals surface area contributed by atoms with Gasteiger partial charge in [-0.1, -0.05) is 5.16 Å². The molecule has 104 valence electrons. The molecule has 0 aromatic carbocycles. The van der Waals surface area contributed by atoms with E-state index in [0.29, 0.717) is 0 Å². The van der Waals surface area contributed by atoms with Gasteiger partial charge in [-0.2, -0.15) is 0 Å². The highest BCUT2D eigenvalue weighted by Gasteiger charge is 2.14. The number of amidine groups is 1. The van der Waals surface area contributed by atoms with Crippen LogP contribution in [0.5, 0.6) is 0 Å². The van der Waals surface area contributed by atoms with Crippen molar-refractivity contribution in [1.82, 2.24) is 14.6 Å². The van der Waals surface area contributed by atoms with Crippen LogP contribution in [-0.4, -0.2) is 38.7 Å². The first-order valence-electron chi connectivity index (χ1n) is 6.53. The van der Waals surface area contributed by atoms with Crippen LogP contribution in [0.4, 0.5) is 5.82 Å². The lowest BCUT2D eigenvalue weighted by atomic mass is 10.4. The molecular weight excluding hydrogens is 256 g/mol. The molecule has 0 aliphatic carbocycles. The monoisotopic (exact) mass is 272 g/mol. The van der Waals surface area contributed by atoms with Crippen molar-refractivity contribution in [3.8, 4) is 0 Å². The van der Waals surface area contributed by atoms with E-state index in [1.807, 2.05) is 12.1 Å². The Kier molecular flexibility index (Phi) is 3.24. The third-order valence-electron chi connectivity index (χ3n) is 3.34. The maximum absolute atomic E-state index is 8.53. The molecule has 0 spiro atoms. The van der Waals surface area contributed by atoms with Crippen molar-refractivity contribution < 1.29 is 5.21 Å². The third-order valence-corrected chi connectivity index (χ3v) is 3.34. The predicted molar refractivity (Wildman–Crippen MR) is 76.9 cm³/mol. The Balaban J connectivity index is 1.97. The van der Waals surface area contributed by atoms with Crippen molar-refractivity contribution in [2.24, 2.45) is 10.9 Å². The predicted octanol–water partition coefficient (Wildman–Crippen LogP) is 1.09. The number of fused-ring (bicyclic) bond motifs is 1. The normalized spacial score (nSPS) is 16.6. The summed E-state index contributed by atoms with van der Waals surface area (Å²) in [5, 5.41) is 16.0. The first-order valence-corrected chi connectivity index (χ1v) is 6.53. The Morgan fingerprint density at radius 3 is 2.90 bits per heavy atom. The molecule has 0 unspecified atom stereocenters. The highest BCUT2D eigenvalue weighted by atomic mass is 16.4. The molecule has 0 radical (unpaired) electrons. The van der Waals surface area contributed by atoms with Crippen LogP contribution in [0.2, 0.25) is 0 Å². The fourth-order valence-corrected chi connectivity index (χ4v) is 2.31. The second-order valence-electron chi connectivity index (χ2n) is 4.70. The smallest absolute Gasteiger partial charge is 0.162 e. The van der Waals surface area contributed by atoms with Crippen molar-refractivity contribution in [3.05, 3.63) is 30.1 Å². The molecule has 20 heavy (non-hydrogen) atoms. The van der Waals surface area contributed by atoms with Gasteiger partial charge >= 0.3 is 0 Å². The van der Waals surface area contributed by atoms with E-state index in [0.717, 1.165) is 30.2 Å². The quantitative estimate of drug-likeness (QED) is 0.377. The van der Waals surface area contributed by atoms with E-state index in [1.54, 1.807) is 16.8 Å². The first kappa shape index (κ1) is 12.5. The summed E-state index contributed by atoms with van der Waals surface area (Å²) >= 11 is 0. The Labute approximate surface area is 116 Å². The van der Waals surface area contributed by atoms with Gasteiger partial charge in [0.05, 0.1) is 11.9 Å². The number of imidazole rings is 1. The van der Waals surface area contributed by atoms with E-state index in [1.165, 1.54) is 18.9 Å². The van der Waals surface area contributed by atoms with E-state index in [-0.39, 0.29) is 5.84 Å². The minimum absolute atomic E-state index is 0.0376. The van der Waals surface area contributed by atoms with Crippen molar-refractivity contribution in [2.45, 2.75) is 12.8 Å². The molecule has 3 N–H and O–H groups in total. The molecule has 2 aromatic rings. The minimum atomic E-state index is 0.0376. The van der Waals surface area contributed by atoms with Crippen LogP contribution in [0.3, 0.4) is 0 Å². The van der Waals surface area contributed by atoms with Crippen molar-refractivity contribution in [3.63, 3.8) is 0 Å². The average molecular weight is 272 g/mol. The van der Waals surface area contributed by atoms with Gasteiger partial charge in [0.2, 0.25) is 0 Å². The summed E-state index contributed by atoms with van der Waals surface area (Å²) < 4.78 is 1.76. The number of nitrogens with two attached hydrogens (primary N) is 1. The van der Waals surface area contributed by atoms with Crippen LogP contribution in [0.1, 0.15) is 18.5 Å². The lowest BCUT2D eigenvalue weighted by Gasteiger charge is -2.15. The zero-order valence-corrected chi connectivity index (χ0v) is 11.0. The van der Waals surface area contributed by atoms with Crippen LogP contribution < -0.4 is 10.6 Å². The molecule has 2 aromatic heterocycles. The molecule has 1 aliphatic heterocycles. The topological polar surface area (TPSA) is 92.0 Å². The summed E-state index contributed by atoms with van der Waals surface area (Å²) in [4.78, 5) is 6.54. The van der Waals surface area contributed by atoms with E-state index < -0.39 is 0 Å². The Hall–Kier alpha value is -2.57. The van der Waals surface area contributed by atoms with Crippen molar-refractivity contribution in [2.75, 3.05) is 18.0 Å². The summed E-state index contributed by atoms with van der Waals surface area (Å²) in [5.74, 6) is 0.988. The number of aromatic nitrogens is 3. The molecule has 1 aliphatic rings. The number of rotatable bonds is 3. The maximum Gasteiger partial charge on any atom is 0.162 e. The molecule has 0 saturated carbocycles. The Morgan fingerprint density at radius 1 is 1.35 bits per heavy atom. The van der Waals surface area contributed by atoms with Crippen molar-refractivity contribution >= 4 is 23.4 Å². The lowest BCUT2D eigenvalue weighted by molar-refractivity contribution is 0.319. The van der Waals surface area contributed by atoms with Crippen LogP contribution >= 0.6 is 0 Å². The first-order chi connectivity index (χ1) is 9.78. The van der Waals surface area contributed by atoms with Gasteiger partial charge in [-0.3, -0.25) is 0 Å². The minimum Gasteiger partial charge on any atom is -0.409 e. The number of hydrogen-bond acceptors (Lipinski definition) is 5. The number of oxime groups is 1. The zero-order valence-electron chi connectivity index (χ0n) is 11.0. The van der Waals surface area contributed by atoms with Gasteiger partial charge in [-0.05, 0) is 37.1 Å². The summed E-state index contributed by atoms with van der Waals surface area (Å²) in [7, 11) is 0. The molecule has 3 rings (SSSR count). The number of anilines is 1. The molecule has 1 saturated heterocycles. The molecular formula is C13H16N6O. The fourth-order valence-electron chi connectivity index (χ4n) is 2.31. The molecule has 7 nitrogen and oxygen atoms in total. The van der Waals surface area contributed by atoms with Gasteiger partial charge in [-0.15, -0.1) is 5.10 Å². The van der Waals surface area contributed by atoms with Gasteiger partial charge < -0.3 is 15.8 Å². The highest BCUT2D eigenvalue weighted by molar-refractivity contribution is 5.94. The van der Waals surface area contributed by atoms with Gasteiger partial charge in [0.1, 0.15) is 5.82 Å². The zero-order chi connectivity index (χ0) is 13.9. The van der Waals surface area contributed by atoms with Crippen LogP contribution in [0, 0.1) is 0 Å². The standard InChI is InChI=1S/C13H16N6O/c14-11(17-20)4-3-10-9-15-12-5-6-13(16-19(10)12)18-7-1-2-8-18/h3-6,9,20H,1-2,7-8H2,(H2,14,17)/b4-3+. The number of hydrogen-bond donors (Lipinski definition) is 2. The van der Waals surface area contributed by atoms with E-state index in [9.17, 15) is 0 Å². The average Bonchev–Trinajstić information content (AvgIpc) is 3.13. The van der Waals surface area contributed by atoms with Crippen LogP contribution in [-0.2, 0) is 0 Å². The van der Waals surface area contributed by atoms with Gasteiger partial charge in [0, 0.05) is 13.1 Å². The second-order valence-corrected chi connectivity index (χ2v) is 4.70. The van der Waals surface area contributed by atoms with Crippen LogP contribution in [0.15, 0.2) is 29.6 Å². The summed E-state index contributed by atoms with van der Waals surface area (Å²) in [5.41, 5.74) is 6.97.